The van der Waals surface area contributed by atoms with Crippen molar-refractivity contribution in [3.8, 4) is 6.19 Å². The molecule has 0 atom stereocenters. The van der Waals surface area contributed by atoms with Crippen molar-refractivity contribution in [3.05, 3.63) is 0 Å². The van der Waals surface area contributed by atoms with Crippen LogP contribution in [0.4, 0.5) is 0 Å². The second kappa shape index (κ2) is 6.45. The topological polar surface area (TPSA) is 60.7 Å². The van der Waals surface area contributed by atoms with Crippen molar-refractivity contribution < 1.29 is 4.74 Å². The first-order valence-electron chi connectivity index (χ1n) is 6.06. The summed E-state index contributed by atoms with van der Waals surface area (Å²) in [6.07, 6.45) is 2.90. The van der Waals surface area contributed by atoms with Gasteiger partial charge in [-0.25, -0.2) is 0 Å². The lowest BCUT2D eigenvalue weighted by atomic mass is 9.92. The van der Waals surface area contributed by atoms with E-state index in [9.17, 15) is 0 Å². The van der Waals surface area contributed by atoms with E-state index in [1.54, 1.807) is 0 Å². The molecule has 1 N–H and O–H groups in total. The number of hydrogen-bond donors (Lipinski definition) is 1. The predicted molar refractivity (Wildman–Crippen MR) is 67.5 cm³/mol. The summed E-state index contributed by atoms with van der Waals surface area (Å²) >= 11 is 0. The van der Waals surface area contributed by atoms with Crippen LogP contribution >= 0.6 is 0 Å². The van der Waals surface area contributed by atoms with Crippen molar-refractivity contribution in [1.29, 1.82) is 5.26 Å². The van der Waals surface area contributed by atoms with Gasteiger partial charge in [0, 0.05) is 19.6 Å². The first kappa shape index (κ1) is 13.8. The van der Waals surface area contributed by atoms with Gasteiger partial charge in [-0.3, -0.25) is 0 Å². The van der Waals surface area contributed by atoms with E-state index in [-0.39, 0.29) is 5.41 Å². The smallest absolute Gasteiger partial charge is 0.210 e. The van der Waals surface area contributed by atoms with Crippen molar-refractivity contribution in [1.82, 2.24) is 10.2 Å². The van der Waals surface area contributed by atoms with E-state index in [0.717, 1.165) is 26.1 Å². The molecule has 96 valence electrons. The Morgan fingerprint density at radius 2 is 2.06 bits per heavy atom. The maximum absolute atomic E-state index is 8.69. The molecule has 0 bridgehead atoms. The van der Waals surface area contributed by atoms with Crippen LogP contribution in [0.2, 0.25) is 0 Å². The summed E-state index contributed by atoms with van der Waals surface area (Å²) in [6.45, 7) is 10.4. The maximum atomic E-state index is 8.69. The number of guanidine groups is 1. The Hall–Kier alpha value is -1.28. The van der Waals surface area contributed by atoms with Crippen LogP contribution in [0.25, 0.3) is 0 Å². The average Bonchev–Trinajstić information content (AvgIpc) is 2.27. The number of ether oxygens (including phenoxy) is 1. The van der Waals surface area contributed by atoms with Crippen LogP contribution in [0.3, 0.4) is 0 Å². The number of nitrogens with zero attached hydrogens (tertiary/aromatic N) is 3. The van der Waals surface area contributed by atoms with Crippen molar-refractivity contribution in [2.75, 3.05) is 32.8 Å². The highest BCUT2D eigenvalue weighted by Crippen LogP contribution is 2.16. The van der Waals surface area contributed by atoms with Gasteiger partial charge < -0.3 is 15.0 Å². The number of morpholine rings is 1. The molecule has 0 aliphatic carbocycles. The summed E-state index contributed by atoms with van der Waals surface area (Å²) in [4.78, 5) is 5.91. The van der Waals surface area contributed by atoms with Gasteiger partial charge in [0.15, 0.2) is 0 Å². The molecule has 1 heterocycles. The van der Waals surface area contributed by atoms with Crippen molar-refractivity contribution in [3.63, 3.8) is 0 Å². The van der Waals surface area contributed by atoms with Gasteiger partial charge >= 0.3 is 0 Å². The molecule has 0 saturated carbocycles. The van der Waals surface area contributed by atoms with E-state index in [1.807, 2.05) is 6.19 Å². The van der Waals surface area contributed by atoms with Crippen molar-refractivity contribution in [2.45, 2.75) is 27.2 Å². The van der Waals surface area contributed by atoms with Crippen molar-refractivity contribution in [2.24, 2.45) is 10.4 Å². The van der Waals surface area contributed by atoms with Crippen LogP contribution < -0.4 is 5.32 Å². The third-order valence-electron chi connectivity index (χ3n) is 2.62. The molecule has 0 aromatic carbocycles. The van der Waals surface area contributed by atoms with E-state index in [0.29, 0.717) is 19.2 Å². The fourth-order valence-electron chi connectivity index (χ4n) is 1.59. The van der Waals surface area contributed by atoms with Gasteiger partial charge in [0.25, 0.3) is 0 Å². The summed E-state index contributed by atoms with van der Waals surface area (Å²) < 4.78 is 5.28. The first-order valence-corrected chi connectivity index (χ1v) is 6.06. The van der Waals surface area contributed by atoms with Gasteiger partial charge in [0.1, 0.15) is 0 Å². The third kappa shape index (κ3) is 5.55. The Morgan fingerprint density at radius 1 is 1.41 bits per heavy atom. The summed E-state index contributed by atoms with van der Waals surface area (Å²) in [5, 5.41) is 11.9. The van der Waals surface area contributed by atoms with Crippen molar-refractivity contribution >= 4 is 5.96 Å². The number of nitrogens with one attached hydrogen (secondary N) is 1. The molecule has 0 radical (unpaired) electrons. The van der Waals surface area contributed by atoms with Crippen LogP contribution in [0.5, 0.6) is 0 Å². The molecule has 0 amide bonds. The van der Waals surface area contributed by atoms with Crippen LogP contribution in [0.1, 0.15) is 27.2 Å². The molecule has 1 aliphatic rings. The molecule has 5 nitrogen and oxygen atoms in total. The largest absolute Gasteiger partial charge is 0.378 e. The van der Waals surface area contributed by atoms with Gasteiger partial charge in [-0.1, -0.05) is 20.8 Å². The van der Waals surface area contributed by atoms with E-state index in [1.165, 1.54) is 0 Å². The zero-order chi connectivity index (χ0) is 12.7. The number of nitriles is 1. The minimum Gasteiger partial charge on any atom is -0.378 e. The van der Waals surface area contributed by atoms with E-state index in [2.05, 4.69) is 36.0 Å². The molecule has 1 aliphatic heterocycles. The SMILES string of the molecule is CC(C)(C)CCN/C(=N/C#N)N1CCOCC1. The van der Waals surface area contributed by atoms with Gasteiger partial charge in [-0.05, 0) is 11.8 Å². The Balaban J connectivity index is 2.44. The molecular formula is C12H22N4O. The van der Waals surface area contributed by atoms with Crippen LogP contribution in [0, 0.1) is 16.9 Å². The second-order valence-electron chi connectivity index (χ2n) is 5.37. The summed E-state index contributed by atoms with van der Waals surface area (Å²) in [6, 6.07) is 0. The van der Waals surface area contributed by atoms with Gasteiger partial charge in [0.05, 0.1) is 13.2 Å². The highest BCUT2D eigenvalue weighted by molar-refractivity contribution is 5.80. The molecule has 17 heavy (non-hydrogen) atoms. The summed E-state index contributed by atoms with van der Waals surface area (Å²) in [5.74, 6) is 0.681. The van der Waals surface area contributed by atoms with E-state index >= 15 is 0 Å². The summed E-state index contributed by atoms with van der Waals surface area (Å²) in [5.41, 5.74) is 0.287. The Morgan fingerprint density at radius 3 is 2.59 bits per heavy atom. The molecule has 0 aromatic heterocycles. The molecule has 1 saturated heterocycles. The molecule has 0 unspecified atom stereocenters. The number of aliphatic imine (C=N–C) groups is 1. The lowest BCUT2D eigenvalue weighted by Crippen LogP contribution is -2.47. The Bertz CT molecular complexity index is 295. The molecule has 1 fully saturated rings. The lowest BCUT2D eigenvalue weighted by Gasteiger charge is -2.30. The van der Waals surface area contributed by atoms with Gasteiger partial charge in [-0.15, -0.1) is 4.99 Å². The standard InChI is InChI=1S/C12H22N4O/c1-12(2,3)4-5-14-11(15-10-13)16-6-8-17-9-7-16/h4-9H2,1-3H3,(H,14,15). The quantitative estimate of drug-likeness (QED) is 0.446. The van der Waals surface area contributed by atoms with Gasteiger partial charge in [0.2, 0.25) is 12.2 Å². The normalized spacial score (nSPS) is 17.8. The molecule has 1 rings (SSSR count). The monoisotopic (exact) mass is 238 g/mol. The molecule has 0 spiro atoms. The minimum atomic E-state index is 0.287. The predicted octanol–water partition coefficient (Wildman–Crippen LogP) is 1.18. The maximum Gasteiger partial charge on any atom is 0.210 e. The fourth-order valence-corrected chi connectivity index (χ4v) is 1.59. The highest BCUT2D eigenvalue weighted by atomic mass is 16.5. The van der Waals surface area contributed by atoms with Crippen LogP contribution in [0.15, 0.2) is 4.99 Å². The summed E-state index contributed by atoms with van der Waals surface area (Å²) in [7, 11) is 0. The highest BCUT2D eigenvalue weighted by Gasteiger charge is 2.16. The third-order valence-corrected chi connectivity index (χ3v) is 2.62. The fraction of sp³-hybridized carbons (Fsp3) is 0.833. The minimum absolute atomic E-state index is 0.287. The van der Waals surface area contributed by atoms with E-state index < -0.39 is 0 Å². The second-order valence-corrected chi connectivity index (χ2v) is 5.37. The van der Waals surface area contributed by atoms with Crippen LogP contribution in [-0.2, 0) is 4.74 Å². The Labute approximate surface area is 103 Å². The zero-order valence-electron chi connectivity index (χ0n) is 11.0. The molecule has 0 aromatic rings. The van der Waals surface area contributed by atoms with E-state index in [4.69, 9.17) is 10.00 Å². The Kier molecular flexibility index (Phi) is 5.23. The van der Waals surface area contributed by atoms with Gasteiger partial charge in [-0.2, -0.15) is 5.26 Å². The molecule has 5 heteroatoms. The number of rotatable bonds is 2. The lowest BCUT2D eigenvalue weighted by molar-refractivity contribution is 0.0665. The average molecular weight is 238 g/mol. The zero-order valence-corrected chi connectivity index (χ0v) is 11.0. The van der Waals surface area contributed by atoms with Crippen LogP contribution in [-0.4, -0.2) is 43.7 Å². The first-order chi connectivity index (χ1) is 8.03. The number of hydrogen-bond acceptors (Lipinski definition) is 3. The molecular weight excluding hydrogens is 216 g/mol.